The molecule has 19 heavy (non-hydrogen) atoms. The maximum Gasteiger partial charge on any atom is 0.291 e. The molecule has 4 heteroatoms. The smallest absolute Gasteiger partial charge is 0.291 e. The molecule has 0 radical (unpaired) electrons. The molecule has 1 amide bonds. The van der Waals surface area contributed by atoms with E-state index in [2.05, 4.69) is 17.1 Å². The Morgan fingerprint density at radius 3 is 2.89 bits per heavy atom. The number of hydrogen-bond donors (Lipinski definition) is 0. The Balaban J connectivity index is 1.73. The summed E-state index contributed by atoms with van der Waals surface area (Å²) in [7, 11) is 0. The van der Waals surface area contributed by atoms with Crippen molar-refractivity contribution in [3.8, 4) is 0 Å². The van der Waals surface area contributed by atoms with Crippen LogP contribution in [-0.2, 0) is 0 Å². The van der Waals surface area contributed by atoms with Crippen LogP contribution in [0.3, 0.4) is 0 Å². The van der Waals surface area contributed by atoms with Gasteiger partial charge in [0.15, 0.2) is 6.39 Å². The van der Waals surface area contributed by atoms with Gasteiger partial charge < -0.3 is 9.32 Å². The van der Waals surface area contributed by atoms with Gasteiger partial charge in [0, 0.05) is 19.0 Å². The van der Waals surface area contributed by atoms with Gasteiger partial charge in [-0.2, -0.15) is 0 Å². The molecule has 98 valence electrons. The minimum absolute atomic E-state index is 0.0573. The zero-order valence-electron chi connectivity index (χ0n) is 10.7. The monoisotopic (exact) mass is 256 g/mol. The van der Waals surface area contributed by atoms with Gasteiger partial charge in [0.1, 0.15) is 0 Å². The summed E-state index contributed by atoms with van der Waals surface area (Å²) in [5.74, 6) is 0.689. The fraction of sp³-hybridized carbons (Fsp3) is 0.333. The molecule has 1 aliphatic rings. The lowest BCUT2D eigenvalue weighted by Crippen LogP contribution is -2.38. The molecule has 1 aromatic carbocycles. The van der Waals surface area contributed by atoms with Crippen molar-refractivity contribution in [3.63, 3.8) is 0 Å². The first-order valence-electron chi connectivity index (χ1n) is 6.57. The summed E-state index contributed by atoms with van der Waals surface area (Å²) in [6, 6.07) is 10.4. The van der Waals surface area contributed by atoms with Crippen molar-refractivity contribution in [2.24, 2.45) is 0 Å². The molecule has 2 aromatic rings. The highest BCUT2D eigenvalue weighted by molar-refractivity contribution is 5.91. The van der Waals surface area contributed by atoms with E-state index < -0.39 is 0 Å². The average molecular weight is 256 g/mol. The summed E-state index contributed by atoms with van der Waals surface area (Å²) >= 11 is 0. The number of likely N-dealkylation sites (tertiary alicyclic amines) is 1. The highest BCUT2D eigenvalue weighted by Gasteiger charge is 2.26. The fourth-order valence-corrected chi connectivity index (χ4v) is 2.64. The molecule has 0 saturated carbocycles. The van der Waals surface area contributed by atoms with E-state index in [1.54, 1.807) is 0 Å². The maximum atomic E-state index is 12.2. The molecule has 1 aliphatic heterocycles. The molecular weight excluding hydrogens is 240 g/mol. The Hall–Kier alpha value is -2.10. The molecule has 2 heterocycles. The Bertz CT molecular complexity index is 537. The van der Waals surface area contributed by atoms with Gasteiger partial charge in [-0.25, -0.2) is 4.98 Å². The van der Waals surface area contributed by atoms with Crippen LogP contribution in [0.2, 0.25) is 0 Å². The molecule has 0 spiro atoms. The van der Waals surface area contributed by atoms with Crippen LogP contribution in [0.5, 0.6) is 0 Å². The number of amides is 1. The number of hydrogen-bond acceptors (Lipinski definition) is 3. The van der Waals surface area contributed by atoms with Crippen molar-refractivity contribution in [2.75, 3.05) is 13.1 Å². The largest absolute Gasteiger partial charge is 0.438 e. The topological polar surface area (TPSA) is 46.3 Å². The first-order valence-corrected chi connectivity index (χ1v) is 6.57. The second-order valence-corrected chi connectivity index (χ2v) is 4.87. The van der Waals surface area contributed by atoms with Crippen LogP contribution in [0.25, 0.3) is 0 Å². The quantitative estimate of drug-likeness (QED) is 0.830. The molecule has 0 N–H and O–H groups in total. The fourth-order valence-electron chi connectivity index (χ4n) is 2.64. The van der Waals surface area contributed by atoms with Crippen LogP contribution in [0.1, 0.15) is 34.9 Å². The third-order valence-corrected chi connectivity index (χ3v) is 3.62. The molecule has 3 rings (SSSR count). The van der Waals surface area contributed by atoms with E-state index in [0.717, 1.165) is 25.9 Å². The van der Waals surface area contributed by atoms with Gasteiger partial charge in [-0.15, -0.1) is 0 Å². The van der Waals surface area contributed by atoms with Crippen molar-refractivity contribution in [3.05, 3.63) is 54.2 Å². The molecule has 1 saturated heterocycles. The van der Waals surface area contributed by atoms with Crippen LogP contribution in [0.15, 0.2) is 47.3 Å². The van der Waals surface area contributed by atoms with Gasteiger partial charge in [0.2, 0.25) is 5.76 Å². The third-order valence-electron chi connectivity index (χ3n) is 3.62. The number of oxazole rings is 1. The lowest BCUT2D eigenvalue weighted by molar-refractivity contribution is 0.0675. The molecule has 4 nitrogen and oxygen atoms in total. The lowest BCUT2D eigenvalue weighted by atomic mass is 9.90. The number of aromatic nitrogens is 1. The zero-order chi connectivity index (χ0) is 13.1. The number of piperidine rings is 1. The molecule has 1 aromatic heterocycles. The van der Waals surface area contributed by atoms with Crippen molar-refractivity contribution < 1.29 is 9.21 Å². The van der Waals surface area contributed by atoms with Gasteiger partial charge >= 0.3 is 0 Å². The van der Waals surface area contributed by atoms with E-state index >= 15 is 0 Å². The molecule has 1 fully saturated rings. The Labute approximate surface area is 112 Å². The predicted octanol–water partition coefficient (Wildman–Crippen LogP) is 2.69. The summed E-state index contributed by atoms with van der Waals surface area (Å²) in [4.78, 5) is 17.9. The number of nitrogens with zero attached hydrogens (tertiary/aromatic N) is 2. The minimum atomic E-state index is -0.0573. The van der Waals surface area contributed by atoms with Gasteiger partial charge in [-0.05, 0) is 18.4 Å². The predicted molar refractivity (Wildman–Crippen MR) is 70.8 cm³/mol. The van der Waals surface area contributed by atoms with Gasteiger partial charge in [0.05, 0.1) is 6.20 Å². The highest BCUT2D eigenvalue weighted by atomic mass is 16.3. The van der Waals surface area contributed by atoms with E-state index in [9.17, 15) is 4.79 Å². The average Bonchev–Trinajstić information content (AvgIpc) is 3.02. The maximum absolute atomic E-state index is 12.2. The SMILES string of the molecule is O=C(c1cnco1)N1CCC[C@H](c2ccccc2)C1. The van der Waals surface area contributed by atoms with Gasteiger partial charge in [-0.3, -0.25) is 4.79 Å². The van der Waals surface area contributed by atoms with Crippen molar-refractivity contribution in [1.29, 1.82) is 0 Å². The first kappa shape index (κ1) is 12.0. The molecule has 1 atom stereocenters. The summed E-state index contributed by atoms with van der Waals surface area (Å²) in [5.41, 5.74) is 1.30. The lowest BCUT2D eigenvalue weighted by Gasteiger charge is -2.32. The van der Waals surface area contributed by atoms with Crippen LogP contribution in [0, 0.1) is 0 Å². The molecular formula is C15H16N2O2. The van der Waals surface area contributed by atoms with E-state index in [1.807, 2.05) is 23.1 Å². The Kier molecular flexibility index (Phi) is 3.31. The van der Waals surface area contributed by atoms with Crippen LogP contribution < -0.4 is 0 Å². The Morgan fingerprint density at radius 2 is 2.16 bits per heavy atom. The van der Waals surface area contributed by atoms with Gasteiger partial charge in [-0.1, -0.05) is 30.3 Å². The normalized spacial score (nSPS) is 19.4. The van der Waals surface area contributed by atoms with E-state index in [4.69, 9.17) is 4.42 Å². The summed E-state index contributed by atoms with van der Waals surface area (Å²) < 4.78 is 5.09. The first-order chi connectivity index (χ1) is 9.34. The molecule has 0 bridgehead atoms. The molecule has 0 aliphatic carbocycles. The summed E-state index contributed by atoms with van der Waals surface area (Å²) in [6.07, 6.45) is 4.93. The number of carbonyl (C=O) groups excluding carboxylic acids is 1. The highest BCUT2D eigenvalue weighted by Crippen LogP contribution is 2.27. The number of rotatable bonds is 2. The van der Waals surface area contributed by atoms with Crippen LogP contribution >= 0.6 is 0 Å². The standard InChI is InChI=1S/C15H16N2O2/c18-15(14-9-16-11-19-14)17-8-4-7-13(10-17)12-5-2-1-3-6-12/h1-3,5-6,9,11,13H,4,7-8,10H2/t13-/m0/s1. The van der Waals surface area contributed by atoms with Crippen molar-refractivity contribution in [1.82, 2.24) is 9.88 Å². The zero-order valence-corrected chi connectivity index (χ0v) is 10.7. The molecule has 0 unspecified atom stereocenters. The van der Waals surface area contributed by atoms with E-state index in [0.29, 0.717) is 11.7 Å². The van der Waals surface area contributed by atoms with Crippen LogP contribution in [-0.4, -0.2) is 28.9 Å². The summed E-state index contributed by atoms with van der Waals surface area (Å²) in [6.45, 7) is 1.55. The number of carbonyl (C=O) groups is 1. The summed E-state index contributed by atoms with van der Waals surface area (Å²) in [5, 5.41) is 0. The second-order valence-electron chi connectivity index (χ2n) is 4.87. The van der Waals surface area contributed by atoms with Crippen molar-refractivity contribution >= 4 is 5.91 Å². The second kappa shape index (κ2) is 5.26. The van der Waals surface area contributed by atoms with E-state index in [-0.39, 0.29) is 5.91 Å². The minimum Gasteiger partial charge on any atom is -0.438 e. The van der Waals surface area contributed by atoms with E-state index in [1.165, 1.54) is 18.2 Å². The van der Waals surface area contributed by atoms with Crippen LogP contribution in [0.4, 0.5) is 0 Å². The van der Waals surface area contributed by atoms with Crippen molar-refractivity contribution in [2.45, 2.75) is 18.8 Å². The van der Waals surface area contributed by atoms with Gasteiger partial charge in [0.25, 0.3) is 5.91 Å². The number of benzene rings is 1. The Morgan fingerprint density at radius 1 is 1.32 bits per heavy atom. The third kappa shape index (κ3) is 2.52.